The molecule has 3 aromatic rings. The van der Waals surface area contributed by atoms with Crippen molar-refractivity contribution in [3.05, 3.63) is 105 Å². The smallest absolute Gasteiger partial charge is 0.0793 e. The Hall–Kier alpha value is -2.09. The van der Waals surface area contributed by atoms with E-state index in [4.69, 9.17) is 28.2 Å². The van der Waals surface area contributed by atoms with E-state index in [1.165, 1.54) is 27.8 Å². The van der Waals surface area contributed by atoms with Crippen molar-refractivity contribution in [1.29, 1.82) is 0 Å². The molecule has 0 aliphatic carbocycles. The highest BCUT2D eigenvalue weighted by Gasteiger charge is 2.23. The summed E-state index contributed by atoms with van der Waals surface area (Å²) >= 11 is 12.5. The van der Waals surface area contributed by atoms with Crippen molar-refractivity contribution in [2.24, 2.45) is 4.99 Å². The van der Waals surface area contributed by atoms with Gasteiger partial charge in [0.1, 0.15) is 0 Å². The standard InChI is InChI=1S/C23H19Cl2N/c1-15-7-8-19(24)11-17(15)13-23-21-10-9-20(25)12-18(21)14-22(26-23)16-5-3-2-4-6-16/h2-12,22H,13-14H2,1H3. The maximum absolute atomic E-state index is 6.27. The van der Waals surface area contributed by atoms with Crippen molar-refractivity contribution >= 4 is 28.9 Å². The molecule has 0 N–H and O–H groups in total. The maximum atomic E-state index is 6.27. The highest BCUT2D eigenvalue weighted by molar-refractivity contribution is 6.31. The van der Waals surface area contributed by atoms with Crippen molar-refractivity contribution in [1.82, 2.24) is 0 Å². The second kappa shape index (κ2) is 7.26. The zero-order valence-corrected chi connectivity index (χ0v) is 16.1. The predicted molar refractivity (Wildman–Crippen MR) is 111 cm³/mol. The first-order chi connectivity index (χ1) is 12.6. The Balaban J connectivity index is 1.78. The average molecular weight is 380 g/mol. The van der Waals surface area contributed by atoms with Crippen LogP contribution in [0, 0.1) is 6.92 Å². The maximum Gasteiger partial charge on any atom is 0.0793 e. The summed E-state index contributed by atoms with van der Waals surface area (Å²) in [7, 11) is 0. The van der Waals surface area contributed by atoms with Crippen LogP contribution in [0.25, 0.3) is 0 Å². The molecule has 1 aliphatic heterocycles. The summed E-state index contributed by atoms with van der Waals surface area (Å²) in [6, 6.07) is 22.8. The molecule has 0 radical (unpaired) electrons. The number of rotatable bonds is 3. The van der Waals surface area contributed by atoms with Gasteiger partial charge in [-0.05, 0) is 65.4 Å². The van der Waals surface area contributed by atoms with Crippen molar-refractivity contribution in [3.8, 4) is 0 Å². The van der Waals surface area contributed by atoms with E-state index < -0.39 is 0 Å². The molecule has 1 atom stereocenters. The number of hydrogen-bond acceptors (Lipinski definition) is 1. The fourth-order valence-corrected chi connectivity index (χ4v) is 3.93. The molecule has 1 nitrogen and oxygen atoms in total. The Morgan fingerprint density at radius 3 is 2.46 bits per heavy atom. The molecule has 3 heteroatoms. The van der Waals surface area contributed by atoms with Crippen LogP contribution in [0.5, 0.6) is 0 Å². The summed E-state index contributed by atoms with van der Waals surface area (Å²) in [5.74, 6) is 0. The lowest BCUT2D eigenvalue weighted by molar-refractivity contribution is 0.708. The van der Waals surface area contributed by atoms with Crippen molar-refractivity contribution in [2.75, 3.05) is 0 Å². The Labute approximate surface area is 164 Å². The van der Waals surface area contributed by atoms with E-state index in [-0.39, 0.29) is 6.04 Å². The lowest BCUT2D eigenvalue weighted by Gasteiger charge is -2.25. The first kappa shape index (κ1) is 17.3. The molecule has 1 heterocycles. The Kier molecular flexibility index (Phi) is 4.84. The fourth-order valence-electron chi connectivity index (χ4n) is 3.54. The first-order valence-corrected chi connectivity index (χ1v) is 9.51. The van der Waals surface area contributed by atoms with E-state index >= 15 is 0 Å². The Morgan fingerprint density at radius 2 is 1.65 bits per heavy atom. The molecule has 0 fully saturated rings. The normalized spacial score (nSPS) is 16.1. The van der Waals surface area contributed by atoms with Gasteiger partial charge in [0.25, 0.3) is 0 Å². The van der Waals surface area contributed by atoms with Crippen LogP contribution in [0.4, 0.5) is 0 Å². The topological polar surface area (TPSA) is 12.4 Å². The summed E-state index contributed by atoms with van der Waals surface area (Å²) < 4.78 is 0. The minimum atomic E-state index is 0.122. The van der Waals surface area contributed by atoms with Gasteiger partial charge in [0.2, 0.25) is 0 Å². The number of benzene rings is 3. The summed E-state index contributed by atoms with van der Waals surface area (Å²) in [5, 5.41) is 1.54. The summed E-state index contributed by atoms with van der Waals surface area (Å²) in [6.45, 7) is 2.12. The van der Waals surface area contributed by atoms with Gasteiger partial charge in [0.15, 0.2) is 0 Å². The minimum absolute atomic E-state index is 0.122. The highest BCUT2D eigenvalue weighted by Crippen LogP contribution is 2.32. The third-order valence-electron chi connectivity index (χ3n) is 4.96. The van der Waals surface area contributed by atoms with Crippen LogP contribution in [0.2, 0.25) is 10.0 Å². The van der Waals surface area contributed by atoms with E-state index in [1.54, 1.807) is 0 Å². The van der Waals surface area contributed by atoms with Crippen LogP contribution in [0.3, 0.4) is 0 Å². The van der Waals surface area contributed by atoms with Gasteiger partial charge in [0.05, 0.1) is 6.04 Å². The number of nitrogens with zero attached hydrogens (tertiary/aromatic N) is 1. The lowest BCUT2D eigenvalue weighted by atomic mass is 9.88. The monoisotopic (exact) mass is 379 g/mol. The van der Waals surface area contributed by atoms with Crippen molar-refractivity contribution < 1.29 is 0 Å². The molecule has 0 spiro atoms. The summed E-state index contributed by atoms with van der Waals surface area (Å²) in [4.78, 5) is 5.12. The van der Waals surface area contributed by atoms with Gasteiger partial charge in [-0.15, -0.1) is 0 Å². The third-order valence-corrected chi connectivity index (χ3v) is 5.43. The van der Waals surface area contributed by atoms with Gasteiger partial charge in [-0.3, -0.25) is 4.99 Å². The van der Waals surface area contributed by atoms with E-state index in [9.17, 15) is 0 Å². The quantitative estimate of drug-likeness (QED) is 0.484. The molecule has 1 aliphatic rings. The van der Waals surface area contributed by atoms with Gasteiger partial charge in [-0.2, -0.15) is 0 Å². The predicted octanol–water partition coefficient (Wildman–Crippen LogP) is 6.63. The zero-order valence-electron chi connectivity index (χ0n) is 14.5. The number of aliphatic imine (C=N–C) groups is 1. The van der Waals surface area contributed by atoms with Crippen LogP contribution in [-0.2, 0) is 12.8 Å². The largest absolute Gasteiger partial charge is 0.280 e. The Morgan fingerprint density at radius 1 is 0.923 bits per heavy atom. The molecule has 0 amide bonds. The van der Waals surface area contributed by atoms with E-state index in [1.807, 2.05) is 24.3 Å². The first-order valence-electron chi connectivity index (χ1n) is 8.75. The van der Waals surface area contributed by atoms with Gasteiger partial charge in [-0.25, -0.2) is 0 Å². The summed E-state index contributed by atoms with van der Waals surface area (Å²) in [5.41, 5.74) is 7.23. The Bertz CT molecular complexity index is 977. The molecule has 1 unspecified atom stereocenters. The molecular weight excluding hydrogens is 361 g/mol. The van der Waals surface area contributed by atoms with Crippen LogP contribution in [-0.4, -0.2) is 5.71 Å². The molecule has 26 heavy (non-hydrogen) atoms. The van der Waals surface area contributed by atoms with Gasteiger partial charge >= 0.3 is 0 Å². The number of fused-ring (bicyclic) bond motifs is 1. The van der Waals surface area contributed by atoms with E-state index in [0.717, 1.165) is 28.6 Å². The van der Waals surface area contributed by atoms with Crippen LogP contribution < -0.4 is 0 Å². The number of aryl methyl sites for hydroxylation is 1. The molecular formula is C23H19Cl2N. The van der Waals surface area contributed by atoms with Crippen molar-refractivity contribution in [2.45, 2.75) is 25.8 Å². The van der Waals surface area contributed by atoms with E-state index in [0.29, 0.717) is 0 Å². The van der Waals surface area contributed by atoms with Crippen LogP contribution in [0.1, 0.15) is 33.9 Å². The number of hydrogen-bond donors (Lipinski definition) is 0. The minimum Gasteiger partial charge on any atom is -0.280 e. The summed E-state index contributed by atoms with van der Waals surface area (Å²) in [6.07, 6.45) is 1.64. The second-order valence-electron chi connectivity index (χ2n) is 6.76. The molecule has 3 aromatic carbocycles. The molecule has 0 bridgehead atoms. The van der Waals surface area contributed by atoms with Crippen molar-refractivity contribution in [3.63, 3.8) is 0 Å². The van der Waals surface area contributed by atoms with Gasteiger partial charge in [0, 0.05) is 22.2 Å². The lowest BCUT2D eigenvalue weighted by Crippen LogP contribution is -2.18. The second-order valence-corrected chi connectivity index (χ2v) is 7.63. The highest BCUT2D eigenvalue weighted by atomic mass is 35.5. The SMILES string of the molecule is Cc1ccc(Cl)cc1CC1=NC(c2ccccc2)Cc2cc(Cl)ccc21. The molecule has 0 aromatic heterocycles. The molecule has 0 saturated heterocycles. The number of halogens is 2. The molecule has 130 valence electrons. The van der Waals surface area contributed by atoms with E-state index in [2.05, 4.69) is 49.4 Å². The van der Waals surface area contributed by atoms with Crippen LogP contribution in [0.15, 0.2) is 71.7 Å². The van der Waals surface area contributed by atoms with Gasteiger partial charge < -0.3 is 0 Å². The fraction of sp³-hybridized carbons (Fsp3) is 0.174. The molecule has 0 saturated carbocycles. The zero-order chi connectivity index (χ0) is 18.1. The molecule has 4 rings (SSSR count). The van der Waals surface area contributed by atoms with Gasteiger partial charge in [-0.1, -0.05) is 65.7 Å². The third kappa shape index (κ3) is 3.56. The average Bonchev–Trinajstić information content (AvgIpc) is 2.65. The van der Waals surface area contributed by atoms with Crippen LogP contribution >= 0.6 is 23.2 Å².